The predicted octanol–water partition coefficient (Wildman–Crippen LogP) is 3.23. The molecule has 1 unspecified atom stereocenters. The van der Waals surface area contributed by atoms with Crippen molar-refractivity contribution in [3.05, 3.63) is 40.9 Å². The zero-order chi connectivity index (χ0) is 18.1. The molecule has 4 rings (SSSR count). The van der Waals surface area contributed by atoms with E-state index in [4.69, 9.17) is 11.6 Å². The van der Waals surface area contributed by atoms with Gasteiger partial charge < -0.3 is 4.57 Å². The Labute approximate surface area is 159 Å². The molecule has 6 nitrogen and oxygen atoms in total. The summed E-state index contributed by atoms with van der Waals surface area (Å²) in [5.41, 5.74) is 0. The molecule has 2 aromatic rings. The van der Waals surface area contributed by atoms with Crippen LogP contribution >= 0.6 is 11.6 Å². The second kappa shape index (κ2) is 7.29. The topological polar surface area (TPSA) is 68.1 Å². The van der Waals surface area contributed by atoms with Gasteiger partial charge in [-0.1, -0.05) is 24.1 Å². The van der Waals surface area contributed by atoms with Gasteiger partial charge in [0.15, 0.2) is 0 Å². The van der Waals surface area contributed by atoms with Gasteiger partial charge in [-0.2, -0.15) is 4.31 Å². The molecule has 0 bridgehead atoms. The summed E-state index contributed by atoms with van der Waals surface area (Å²) < 4.78 is 29.8. The molecule has 0 spiro atoms. The lowest BCUT2D eigenvalue weighted by molar-refractivity contribution is 0.304. The van der Waals surface area contributed by atoms with Gasteiger partial charge in [0, 0.05) is 37.0 Å². The van der Waals surface area contributed by atoms with Crippen LogP contribution in [0, 0.1) is 0 Å². The van der Waals surface area contributed by atoms with Crippen LogP contribution in [0.5, 0.6) is 0 Å². The highest BCUT2D eigenvalue weighted by molar-refractivity contribution is 7.89. The average molecular weight is 395 g/mol. The number of nitrogens with zero attached hydrogens (tertiary/aromatic N) is 4. The maximum Gasteiger partial charge on any atom is 0.243 e. The quantitative estimate of drug-likeness (QED) is 0.801. The van der Waals surface area contributed by atoms with Crippen molar-refractivity contribution in [2.45, 2.75) is 55.9 Å². The smallest absolute Gasteiger partial charge is 0.243 e. The summed E-state index contributed by atoms with van der Waals surface area (Å²) in [5.74, 6) is 2.09. The normalized spacial score (nSPS) is 22.0. The van der Waals surface area contributed by atoms with Gasteiger partial charge in [-0.25, -0.2) is 8.42 Å². The van der Waals surface area contributed by atoms with E-state index < -0.39 is 10.0 Å². The Kier molecular flexibility index (Phi) is 5.03. The van der Waals surface area contributed by atoms with Crippen LogP contribution < -0.4 is 0 Å². The molecular weight excluding hydrogens is 372 g/mol. The van der Waals surface area contributed by atoms with E-state index >= 15 is 0 Å². The Balaban J connectivity index is 1.59. The molecule has 0 N–H and O–H groups in total. The molecule has 1 aromatic heterocycles. The summed E-state index contributed by atoms with van der Waals surface area (Å²) in [6, 6.07) is 6.48. The maximum atomic E-state index is 13.0. The van der Waals surface area contributed by atoms with Crippen LogP contribution in [0.2, 0.25) is 5.02 Å². The molecule has 26 heavy (non-hydrogen) atoms. The number of hydrogen-bond donors (Lipinski definition) is 0. The lowest BCUT2D eigenvalue weighted by atomic mass is 9.99. The van der Waals surface area contributed by atoms with E-state index in [1.165, 1.54) is 12.5 Å². The van der Waals surface area contributed by atoms with E-state index in [9.17, 15) is 8.42 Å². The molecule has 1 saturated heterocycles. The first-order chi connectivity index (χ1) is 12.6. The van der Waals surface area contributed by atoms with Crippen LogP contribution in [0.15, 0.2) is 29.2 Å². The monoisotopic (exact) mass is 394 g/mol. The van der Waals surface area contributed by atoms with E-state index in [-0.39, 0.29) is 10.8 Å². The number of sulfonamides is 1. The summed E-state index contributed by atoms with van der Waals surface area (Å²) in [7, 11) is -3.55. The van der Waals surface area contributed by atoms with Gasteiger partial charge in [0.05, 0.1) is 4.90 Å². The lowest BCUT2D eigenvalue weighted by Crippen LogP contribution is -2.39. The van der Waals surface area contributed by atoms with Gasteiger partial charge in [-0.3, -0.25) is 0 Å². The zero-order valence-electron chi connectivity index (χ0n) is 14.6. The highest BCUT2D eigenvalue weighted by atomic mass is 35.5. The van der Waals surface area contributed by atoms with Gasteiger partial charge in [-0.05, 0) is 43.9 Å². The molecule has 8 heteroatoms. The number of fused-ring (bicyclic) bond motifs is 1. The largest absolute Gasteiger partial charge is 0.315 e. The third kappa shape index (κ3) is 3.40. The molecule has 0 saturated carbocycles. The van der Waals surface area contributed by atoms with Crippen molar-refractivity contribution in [1.82, 2.24) is 19.1 Å². The summed E-state index contributed by atoms with van der Waals surface area (Å²) in [6.45, 7) is 1.93. The SMILES string of the molecule is O=S(=O)(c1cccc(Cl)c1)N1CCCC(c2nnc3n2CCCCC3)C1. The summed E-state index contributed by atoms with van der Waals surface area (Å²) in [5, 5.41) is 9.25. The first-order valence-electron chi connectivity index (χ1n) is 9.23. The molecule has 0 aliphatic carbocycles. The third-order valence-electron chi connectivity index (χ3n) is 5.32. The highest BCUT2D eigenvalue weighted by Crippen LogP contribution is 2.31. The van der Waals surface area contributed by atoms with Gasteiger partial charge in [0.25, 0.3) is 0 Å². The van der Waals surface area contributed by atoms with Crippen LogP contribution in [0.4, 0.5) is 0 Å². The first-order valence-corrected chi connectivity index (χ1v) is 11.1. The van der Waals surface area contributed by atoms with E-state index in [0.717, 1.165) is 50.3 Å². The molecule has 1 aromatic carbocycles. The molecule has 140 valence electrons. The van der Waals surface area contributed by atoms with Gasteiger partial charge in [-0.15, -0.1) is 10.2 Å². The number of aromatic nitrogens is 3. The Morgan fingerprint density at radius 3 is 2.81 bits per heavy atom. The van der Waals surface area contributed by atoms with E-state index in [1.54, 1.807) is 22.5 Å². The minimum Gasteiger partial charge on any atom is -0.315 e. The standard InChI is InChI=1S/C18H23ClN4O2S/c19-15-7-4-8-16(12-15)26(24,25)22-10-5-6-14(13-22)18-21-20-17-9-2-1-3-11-23(17)18/h4,7-8,12,14H,1-3,5-6,9-11,13H2. The summed E-state index contributed by atoms with van der Waals surface area (Å²) >= 11 is 5.99. The van der Waals surface area contributed by atoms with Crippen molar-refractivity contribution in [3.63, 3.8) is 0 Å². The van der Waals surface area contributed by atoms with E-state index in [1.807, 2.05) is 0 Å². The van der Waals surface area contributed by atoms with Gasteiger partial charge in [0.1, 0.15) is 11.6 Å². The lowest BCUT2D eigenvalue weighted by Gasteiger charge is -2.31. The Bertz CT molecular complexity index is 896. The second-order valence-electron chi connectivity index (χ2n) is 7.10. The number of halogens is 1. The van der Waals surface area contributed by atoms with Crippen molar-refractivity contribution < 1.29 is 8.42 Å². The number of aryl methyl sites for hydroxylation is 1. The third-order valence-corrected chi connectivity index (χ3v) is 7.42. The van der Waals surface area contributed by atoms with Crippen LogP contribution in [0.3, 0.4) is 0 Å². The molecule has 1 atom stereocenters. The number of hydrogen-bond acceptors (Lipinski definition) is 4. The second-order valence-corrected chi connectivity index (χ2v) is 9.47. The van der Waals surface area contributed by atoms with Crippen molar-refractivity contribution in [2.24, 2.45) is 0 Å². The van der Waals surface area contributed by atoms with Gasteiger partial charge >= 0.3 is 0 Å². The van der Waals surface area contributed by atoms with Crippen LogP contribution in [-0.2, 0) is 23.0 Å². The average Bonchev–Trinajstić information content (AvgIpc) is 2.90. The van der Waals surface area contributed by atoms with Crippen molar-refractivity contribution in [2.75, 3.05) is 13.1 Å². The zero-order valence-corrected chi connectivity index (χ0v) is 16.2. The molecular formula is C18H23ClN4O2S. The molecule has 0 radical (unpaired) electrons. The highest BCUT2D eigenvalue weighted by Gasteiger charge is 2.33. The van der Waals surface area contributed by atoms with Crippen molar-refractivity contribution in [3.8, 4) is 0 Å². The first kappa shape index (κ1) is 17.9. The molecule has 1 fully saturated rings. The number of piperidine rings is 1. The summed E-state index contributed by atoms with van der Waals surface area (Å²) in [6.07, 6.45) is 6.23. The predicted molar refractivity (Wildman–Crippen MR) is 99.8 cm³/mol. The summed E-state index contributed by atoms with van der Waals surface area (Å²) in [4.78, 5) is 0.255. The number of benzene rings is 1. The minimum atomic E-state index is -3.55. The minimum absolute atomic E-state index is 0.0945. The van der Waals surface area contributed by atoms with E-state index in [2.05, 4.69) is 14.8 Å². The fourth-order valence-electron chi connectivity index (χ4n) is 3.96. The van der Waals surface area contributed by atoms with Crippen LogP contribution in [0.25, 0.3) is 0 Å². The molecule has 0 amide bonds. The van der Waals surface area contributed by atoms with Gasteiger partial charge in [0.2, 0.25) is 10.0 Å². The Hall–Kier alpha value is -1.44. The van der Waals surface area contributed by atoms with E-state index in [0.29, 0.717) is 18.1 Å². The van der Waals surface area contributed by atoms with Crippen LogP contribution in [0.1, 0.15) is 49.7 Å². The van der Waals surface area contributed by atoms with Crippen LogP contribution in [-0.4, -0.2) is 40.6 Å². The Morgan fingerprint density at radius 2 is 1.96 bits per heavy atom. The van der Waals surface area contributed by atoms with Crippen molar-refractivity contribution >= 4 is 21.6 Å². The van der Waals surface area contributed by atoms with Crippen molar-refractivity contribution in [1.29, 1.82) is 0 Å². The Morgan fingerprint density at radius 1 is 1.08 bits per heavy atom. The number of rotatable bonds is 3. The molecule has 3 heterocycles. The fourth-order valence-corrected chi connectivity index (χ4v) is 5.78. The molecule has 2 aliphatic heterocycles. The molecule has 2 aliphatic rings. The fraction of sp³-hybridized carbons (Fsp3) is 0.556. The maximum absolute atomic E-state index is 13.0.